The van der Waals surface area contributed by atoms with Crippen LogP contribution >= 0.6 is 0 Å². The Balaban J connectivity index is 2.86. The predicted molar refractivity (Wildman–Crippen MR) is 84.7 cm³/mol. The molecule has 0 aliphatic carbocycles. The number of aliphatic hydroxyl groups is 1. The second-order valence-electron chi connectivity index (χ2n) is 5.34. The van der Waals surface area contributed by atoms with Gasteiger partial charge in [-0.15, -0.1) is 0 Å². The summed E-state index contributed by atoms with van der Waals surface area (Å²) in [6.07, 6.45) is -1.69. The molecule has 0 aliphatic rings. The predicted octanol–water partition coefficient (Wildman–Crippen LogP) is 1.80. The smallest absolute Gasteiger partial charge is 0.339 e. The highest BCUT2D eigenvalue weighted by atomic mass is 16.6. The molecule has 0 fully saturated rings. The number of carbonyl (C=O) groups excluding carboxylic acids is 2. The number of carboxylic acid groups (broad SMARTS) is 1. The van der Waals surface area contributed by atoms with Gasteiger partial charge in [-0.2, -0.15) is 0 Å². The Labute approximate surface area is 139 Å². The van der Waals surface area contributed by atoms with Crippen LogP contribution in [0.3, 0.4) is 0 Å². The first-order valence-electron chi connectivity index (χ1n) is 7.26. The summed E-state index contributed by atoms with van der Waals surface area (Å²) in [4.78, 5) is 34.8. The molecule has 0 aliphatic heterocycles. The first kappa shape index (κ1) is 19.4. The average molecular weight is 336 g/mol. The average Bonchev–Trinajstić information content (AvgIpc) is 2.51. The molecule has 0 spiro atoms. The van der Waals surface area contributed by atoms with Crippen molar-refractivity contribution in [2.45, 2.75) is 32.5 Å². The molecule has 0 saturated carbocycles. The van der Waals surface area contributed by atoms with Crippen LogP contribution in [0.5, 0.6) is 0 Å². The largest absolute Gasteiger partial charge is 0.478 e. The number of hydrogen-bond acceptors (Lipinski definition) is 6. The molecule has 0 radical (unpaired) electrons. The monoisotopic (exact) mass is 336 g/mol. The van der Waals surface area contributed by atoms with E-state index in [0.717, 1.165) is 0 Å². The lowest BCUT2D eigenvalue weighted by Gasteiger charge is -2.19. The highest BCUT2D eigenvalue weighted by Gasteiger charge is 2.23. The van der Waals surface area contributed by atoms with Crippen molar-refractivity contribution in [1.82, 2.24) is 0 Å². The first-order valence-corrected chi connectivity index (χ1v) is 7.26. The third-order valence-corrected chi connectivity index (χ3v) is 3.00. The van der Waals surface area contributed by atoms with Gasteiger partial charge < -0.3 is 19.7 Å². The van der Waals surface area contributed by atoms with Crippen molar-refractivity contribution < 1.29 is 34.1 Å². The fourth-order valence-corrected chi connectivity index (χ4v) is 1.88. The van der Waals surface area contributed by atoms with E-state index >= 15 is 0 Å². The maximum atomic E-state index is 12.2. The normalized spacial score (nSPS) is 12.8. The van der Waals surface area contributed by atoms with Crippen molar-refractivity contribution in [3.05, 3.63) is 47.5 Å². The van der Waals surface area contributed by atoms with E-state index in [2.05, 4.69) is 6.58 Å². The van der Waals surface area contributed by atoms with E-state index < -0.39 is 30.1 Å². The zero-order valence-corrected chi connectivity index (χ0v) is 13.5. The molecular weight excluding hydrogens is 316 g/mol. The number of carbonyl (C=O) groups is 3. The second-order valence-corrected chi connectivity index (χ2v) is 5.34. The van der Waals surface area contributed by atoms with Crippen LogP contribution in [0.1, 0.15) is 41.0 Å². The highest BCUT2D eigenvalue weighted by molar-refractivity contribution is 6.02. The van der Waals surface area contributed by atoms with Gasteiger partial charge in [0.25, 0.3) is 0 Å². The molecule has 130 valence electrons. The molecule has 7 nitrogen and oxygen atoms in total. The Morgan fingerprint density at radius 2 is 1.79 bits per heavy atom. The van der Waals surface area contributed by atoms with Gasteiger partial charge in [0.05, 0.1) is 17.2 Å². The Kier molecular flexibility index (Phi) is 7.13. The standard InChI is InChI=1S/C17H20O7/c1-10(2)16(21)23-9-12(8-11(3)18)24-17(22)14-7-5-4-6-13(14)15(19)20/h4-7,11-12,18H,1,8-9H2,2-3H3,(H,19,20). The van der Waals surface area contributed by atoms with Crippen LogP contribution < -0.4 is 0 Å². The van der Waals surface area contributed by atoms with Gasteiger partial charge >= 0.3 is 17.9 Å². The van der Waals surface area contributed by atoms with Crippen LogP contribution in [0.25, 0.3) is 0 Å². The van der Waals surface area contributed by atoms with E-state index in [1.165, 1.54) is 38.1 Å². The summed E-state index contributed by atoms with van der Waals surface area (Å²) >= 11 is 0. The summed E-state index contributed by atoms with van der Waals surface area (Å²) in [5.74, 6) is -2.78. The van der Waals surface area contributed by atoms with Gasteiger partial charge in [-0.1, -0.05) is 18.7 Å². The fourth-order valence-electron chi connectivity index (χ4n) is 1.88. The minimum Gasteiger partial charge on any atom is -0.478 e. The second kappa shape index (κ2) is 8.83. The minimum absolute atomic E-state index is 0.0322. The Morgan fingerprint density at radius 3 is 2.29 bits per heavy atom. The van der Waals surface area contributed by atoms with Gasteiger partial charge in [0.15, 0.2) is 0 Å². The van der Waals surface area contributed by atoms with Crippen LogP contribution in [0.2, 0.25) is 0 Å². The van der Waals surface area contributed by atoms with Crippen LogP contribution in [-0.4, -0.2) is 46.9 Å². The van der Waals surface area contributed by atoms with Gasteiger partial charge in [-0.3, -0.25) is 0 Å². The molecule has 0 saturated heterocycles. The van der Waals surface area contributed by atoms with E-state index in [0.29, 0.717) is 0 Å². The number of ether oxygens (including phenoxy) is 2. The molecule has 7 heteroatoms. The molecule has 0 amide bonds. The van der Waals surface area contributed by atoms with Crippen LogP contribution in [0.4, 0.5) is 0 Å². The molecule has 0 aromatic heterocycles. The summed E-state index contributed by atoms with van der Waals surface area (Å²) in [7, 11) is 0. The number of aliphatic hydroxyl groups excluding tert-OH is 1. The minimum atomic E-state index is -1.26. The topological polar surface area (TPSA) is 110 Å². The number of benzene rings is 1. The van der Waals surface area contributed by atoms with E-state index in [1.54, 1.807) is 0 Å². The molecule has 0 bridgehead atoms. The number of carboxylic acids is 1. The zero-order valence-electron chi connectivity index (χ0n) is 13.5. The summed E-state index contributed by atoms with van der Waals surface area (Å²) in [5, 5.41) is 18.6. The van der Waals surface area contributed by atoms with Crippen LogP contribution in [0, 0.1) is 0 Å². The third-order valence-electron chi connectivity index (χ3n) is 3.00. The maximum Gasteiger partial charge on any atom is 0.339 e. The van der Waals surface area contributed by atoms with Gasteiger partial charge in [0, 0.05) is 12.0 Å². The van der Waals surface area contributed by atoms with E-state index in [1.807, 2.05) is 0 Å². The third kappa shape index (κ3) is 5.85. The maximum absolute atomic E-state index is 12.2. The summed E-state index contributed by atoms with van der Waals surface area (Å²) in [6.45, 7) is 6.14. The van der Waals surface area contributed by atoms with Crippen molar-refractivity contribution in [1.29, 1.82) is 0 Å². The summed E-state index contributed by atoms with van der Waals surface area (Å²) in [6, 6.07) is 5.60. The van der Waals surface area contributed by atoms with Crippen LogP contribution in [-0.2, 0) is 14.3 Å². The van der Waals surface area contributed by atoms with Gasteiger partial charge in [0.1, 0.15) is 12.7 Å². The molecule has 2 N–H and O–H groups in total. The molecule has 2 unspecified atom stereocenters. The van der Waals surface area contributed by atoms with E-state index in [-0.39, 0.29) is 29.7 Å². The quantitative estimate of drug-likeness (QED) is 0.550. The molecule has 0 heterocycles. The number of aromatic carboxylic acids is 1. The molecular formula is C17H20O7. The summed E-state index contributed by atoms with van der Waals surface area (Å²) in [5.41, 5.74) is -0.127. The van der Waals surface area contributed by atoms with E-state index in [9.17, 15) is 19.5 Å². The number of hydrogen-bond donors (Lipinski definition) is 2. The van der Waals surface area contributed by atoms with Crippen molar-refractivity contribution >= 4 is 17.9 Å². The SMILES string of the molecule is C=C(C)C(=O)OCC(CC(C)O)OC(=O)c1ccccc1C(=O)O. The fraction of sp³-hybridized carbons (Fsp3) is 0.353. The highest BCUT2D eigenvalue weighted by Crippen LogP contribution is 2.14. The Bertz CT molecular complexity index is 634. The first-order chi connectivity index (χ1) is 11.2. The molecule has 1 aromatic carbocycles. The molecule has 2 atom stereocenters. The van der Waals surface area contributed by atoms with E-state index in [4.69, 9.17) is 14.6 Å². The lowest BCUT2D eigenvalue weighted by Crippen LogP contribution is -2.29. The zero-order chi connectivity index (χ0) is 18.3. The Hall–Kier alpha value is -2.67. The summed E-state index contributed by atoms with van der Waals surface area (Å²) < 4.78 is 10.1. The van der Waals surface area contributed by atoms with Crippen molar-refractivity contribution in [2.24, 2.45) is 0 Å². The molecule has 24 heavy (non-hydrogen) atoms. The van der Waals surface area contributed by atoms with Crippen LogP contribution in [0.15, 0.2) is 36.4 Å². The lowest BCUT2D eigenvalue weighted by atomic mass is 10.1. The van der Waals surface area contributed by atoms with Crippen molar-refractivity contribution in [2.75, 3.05) is 6.61 Å². The van der Waals surface area contributed by atoms with Gasteiger partial charge in [0.2, 0.25) is 0 Å². The lowest BCUT2D eigenvalue weighted by molar-refractivity contribution is -0.142. The van der Waals surface area contributed by atoms with Crippen molar-refractivity contribution in [3.63, 3.8) is 0 Å². The van der Waals surface area contributed by atoms with Gasteiger partial charge in [-0.25, -0.2) is 14.4 Å². The van der Waals surface area contributed by atoms with Crippen molar-refractivity contribution in [3.8, 4) is 0 Å². The Morgan fingerprint density at radius 1 is 1.21 bits per heavy atom. The number of rotatable bonds is 8. The number of esters is 2. The molecule has 1 rings (SSSR count). The van der Waals surface area contributed by atoms with Gasteiger partial charge in [-0.05, 0) is 26.0 Å². The molecule has 1 aromatic rings.